The van der Waals surface area contributed by atoms with Crippen molar-refractivity contribution in [1.29, 1.82) is 0 Å². The molecule has 1 N–H and O–H groups in total. The Bertz CT molecular complexity index is 716. The first kappa shape index (κ1) is 16.4. The lowest BCUT2D eigenvalue weighted by atomic mass is 10.1. The summed E-state index contributed by atoms with van der Waals surface area (Å²) in [5, 5.41) is 0. The molecular weight excluding hydrogens is 434 g/mol. The van der Waals surface area contributed by atoms with Crippen LogP contribution in [0, 0.1) is 5.92 Å². The van der Waals surface area contributed by atoms with Crippen molar-refractivity contribution in [2.24, 2.45) is 5.92 Å². The van der Waals surface area contributed by atoms with Crippen LogP contribution < -0.4 is 4.72 Å². The number of hydrogen-bond donors (Lipinski definition) is 1. The third-order valence-electron chi connectivity index (χ3n) is 3.07. The summed E-state index contributed by atoms with van der Waals surface area (Å²) in [5.41, 5.74) is 0. The molecule has 0 amide bonds. The van der Waals surface area contributed by atoms with Crippen LogP contribution in [0.5, 0.6) is 0 Å². The fraction of sp³-hybridized carbons (Fsp3) is 0.455. The van der Waals surface area contributed by atoms with Gasteiger partial charge in [0.15, 0.2) is 9.84 Å². The summed E-state index contributed by atoms with van der Waals surface area (Å²) in [6, 6.07) is 4.86. The maximum atomic E-state index is 12.2. The Balaban J connectivity index is 2.10. The predicted molar refractivity (Wildman–Crippen MR) is 83.8 cm³/mol. The van der Waals surface area contributed by atoms with Crippen LogP contribution in [-0.4, -0.2) is 34.9 Å². The molecule has 2 rings (SSSR count). The van der Waals surface area contributed by atoms with Gasteiger partial charge in [0.2, 0.25) is 10.0 Å². The second-order valence-electron chi connectivity index (χ2n) is 4.70. The van der Waals surface area contributed by atoms with Crippen molar-refractivity contribution >= 4 is 51.7 Å². The summed E-state index contributed by atoms with van der Waals surface area (Å²) >= 11 is 6.43. The lowest BCUT2D eigenvalue weighted by molar-refractivity contribution is 0.543. The molecule has 1 saturated heterocycles. The predicted octanol–water partition coefficient (Wildman–Crippen LogP) is 1.92. The molecule has 1 atom stereocenters. The highest BCUT2D eigenvalue weighted by Crippen LogP contribution is 2.26. The fourth-order valence-corrected chi connectivity index (χ4v) is 6.50. The SMILES string of the molecule is O=S1(=O)CCC(CNS(=O)(=O)c2cc(Br)ccc2Br)C1. The Kier molecular flexibility index (Phi) is 4.95. The molecule has 20 heavy (non-hydrogen) atoms. The van der Waals surface area contributed by atoms with E-state index in [-0.39, 0.29) is 28.9 Å². The van der Waals surface area contributed by atoms with Crippen LogP contribution >= 0.6 is 31.9 Å². The standard InChI is InChI=1S/C11H13Br2NO4S2/c12-9-1-2-10(13)11(5-9)20(17,18)14-6-8-3-4-19(15,16)7-8/h1-2,5,8,14H,3-4,6-7H2. The van der Waals surface area contributed by atoms with Gasteiger partial charge in [-0.05, 0) is 46.5 Å². The van der Waals surface area contributed by atoms with Gasteiger partial charge in [-0.25, -0.2) is 21.6 Å². The summed E-state index contributed by atoms with van der Waals surface area (Å²) in [6.07, 6.45) is 0.504. The van der Waals surface area contributed by atoms with Gasteiger partial charge in [-0.3, -0.25) is 0 Å². The maximum Gasteiger partial charge on any atom is 0.241 e. The highest BCUT2D eigenvalue weighted by molar-refractivity contribution is 9.11. The molecule has 1 heterocycles. The zero-order valence-corrected chi connectivity index (χ0v) is 15.1. The summed E-state index contributed by atoms with van der Waals surface area (Å²) in [7, 11) is -6.65. The highest BCUT2D eigenvalue weighted by Gasteiger charge is 2.29. The van der Waals surface area contributed by atoms with Gasteiger partial charge in [-0.15, -0.1) is 0 Å². The van der Waals surface area contributed by atoms with Crippen LogP contribution in [0.3, 0.4) is 0 Å². The number of rotatable bonds is 4. The van der Waals surface area contributed by atoms with E-state index in [4.69, 9.17) is 0 Å². The average Bonchev–Trinajstić information content (AvgIpc) is 2.70. The van der Waals surface area contributed by atoms with Gasteiger partial charge in [0.05, 0.1) is 16.4 Å². The zero-order valence-electron chi connectivity index (χ0n) is 10.3. The highest BCUT2D eigenvalue weighted by atomic mass is 79.9. The molecule has 0 radical (unpaired) electrons. The van der Waals surface area contributed by atoms with E-state index in [0.29, 0.717) is 15.4 Å². The second-order valence-corrected chi connectivity index (χ2v) is 10.4. The van der Waals surface area contributed by atoms with Gasteiger partial charge in [-0.2, -0.15) is 0 Å². The van der Waals surface area contributed by atoms with Crippen molar-refractivity contribution < 1.29 is 16.8 Å². The van der Waals surface area contributed by atoms with E-state index in [1.54, 1.807) is 12.1 Å². The minimum atomic E-state index is -3.66. The molecule has 1 unspecified atom stereocenters. The smallest absolute Gasteiger partial charge is 0.229 e. The van der Waals surface area contributed by atoms with Crippen LogP contribution in [0.4, 0.5) is 0 Å². The summed E-state index contributed by atoms with van der Waals surface area (Å²) in [6.45, 7) is 0.139. The van der Waals surface area contributed by atoms with Crippen molar-refractivity contribution in [1.82, 2.24) is 4.72 Å². The maximum absolute atomic E-state index is 12.2. The number of sulfone groups is 1. The molecule has 9 heteroatoms. The molecule has 1 fully saturated rings. The monoisotopic (exact) mass is 445 g/mol. The van der Waals surface area contributed by atoms with Crippen LogP contribution in [-0.2, 0) is 19.9 Å². The zero-order chi connectivity index (χ0) is 15.0. The van der Waals surface area contributed by atoms with Crippen molar-refractivity contribution in [3.05, 3.63) is 27.1 Å². The van der Waals surface area contributed by atoms with Gasteiger partial charge in [0.1, 0.15) is 0 Å². The number of benzene rings is 1. The van der Waals surface area contributed by atoms with Crippen LogP contribution in [0.15, 0.2) is 32.0 Å². The molecule has 0 aliphatic carbocycles. The number of hydrogen-bond acceptors (Lipinski definition) is 4. The van der Waals surface area contributed by atoms with Gasteiger partial charge in [0, 0.05) is 15.5 Å². The van der Waals surface area contributed by atoms with E-state index in [1.807, 2.05) is 0 Å². The number of nitrogens with one attached hydrogen (secondary N) is 1. The normalized spacial score (nSPS) is 22.0. The van der Waals surface area contributed by atoms with Crippen molar-refractivity contribution in [3.8, 4) is 0 Å². The van der Waals surface area contributed by atoms with E-state index < -0.39 is 19.9 Å². The Morgan fingerprint density at radius 2 is 2.00 bits per heavy atom. The molecule has 1 aromatic carbocycles. The molecule has 0 spiro atoms. The topological polar surface area (TPSA) is 80.3 Å². The van der Waals surface area contributed by atoms with Crippen LogP contribution in [0.25, 0.3) is 0 Å². The van der Waals surface area contributed by atoms with E-state index >= 15 is 0 Å². The molecule has 1 aliphatic rings. The molecule has 0 bridgehead atoms. The third kappa shape index (κ3) is 4.03. The minimum absolute atomic E-state index is 0.0508. The Labute approximate surface area is 135 Å². The third-order valence-corrected chi connectivity index (χ3v) is 7.82. The molecule has 0 aromatic heterocycles. The largest absolute Gasteiger partial charge is 0.241 e. The first-order valence-electron chi connectivity index (χ1n) is 5.85. The molecule has 1 aliphatic heterocycles. The first-order valence-corrected chi connectivity index (χ1v) is 10.7. The van der Waals surface area contributed by atoms with Gasteiger partial charge in [-0.1, -0.05) is 15.9 Å². The second kappa shape index (κ2) is 6.04. The van der Waals surface area contributed by atoms with E-state index in [1.165, 1.54) is 6.07 Å². The number of halogens is 2. The quantitative estimate of drug-likeness (QED) is 0.766. The summed E-state index contributed by atoms with van der Waals surface area (Å²) in [5.74, 6) is 0.0375. The van der Waals surface area contributed by atoms with Crippen molar-refractivity contribution in [3.63, 3.8) is 0 Å². The average molecular weight is 447 g/mol. The Morgan fingerprint density at radius 1 is 1.30 bits per heavy atom. The van der Waals surface area contributed by atoms with Gasteiger partial charge >= 0.3 is 0 Å². The Morgan fingerprint density at radius 3 is 2.60 bits per heavy atom. The van der Waals surface area contributed by atoms with E-state index in [9.17, 15) is 16.8 Å². The summed E-state index contributed by atoms with van der Waals surface area (Å²) < 4.78 is 50.7. The van der Waals surface area contributed by atoms with Crippen molar-refractivity contribution in [2.75, 3.05) is 18.1 Å². The lowest BCUT2D eigenvalue weighted by Gasteiger charge is -2.11. The number of sulfonamides is 1. The minimum Gasteiger partial charge on any atom is -0.229 e. The van der Waals surface area contributed by atoms with E-state index in [2.05, 4.69) is 36.6 Å². The van der Waals surface area contributed by atoms with Gasteiger partial charge in [0.25, 0.3) is 0 Å². The van der Waals surface area contributed by atoms with E-state index in [0.717, 1.165) is 0 Å². The summed E-state index contributed by atoms with van der Waals surface area (Å²) in [4.78, 5) is 0.132. The van der Waals surface area contributed by atoms with Crippen molar-refractivity contribution in [2.45, 2.75) is 11.3 Å². The molecular formula is C11H13Br2NO4S2. The molecule has 1 aromatic rings. The van der Waals surface area contributed by atoms with Crippen LogP contribution in [0.2, 0.25) is 0 Å². The Hall–Kier alpha value is 0.0400. The first-order chi connectivity index (χ1) is 9.20. The fourth-order valence-electron chi connectivity index (χ4n) is 2.02. The molecule has 0 saturated carbocycles. The van der Waals surface area contributed by atoms with Gasteiger partial charge < -0.3 is 0 Å². The molecule has 5 nitrogen and oxygen atoms in total. The lowest BCUT2D eigenvalue weighted by Crippen LogP contribution is -2.30. The van der Waals surface area contributed by atoms with Crippen LogP contribution in [0.1, 0.15) is 6.42 Å². The molecule has 112 valence electrons.